The maximum Gasteiger partial charge on any atom is 0.344 e. The van der Waals surface area contributed by atoms with Crippen LogP contribution in [0.4, 0.5) is 4.39 Å². The molecule has 0 atom stereocenters. The van der Waals surface area contributed by atoms with Crippen molar-refractivity contribution in [3.8, 4) is 5.75 Å². The van der Waals surface area contributed by atoms with Crippen molar-refractivity contribution in [3.63, 3.8) is 0 Å². The van der Waals surface area contributed by atoms with Gasteiger partial charge in [0, 0.05) is 0 Å². The number of esters is 1. The summed E-state index contributed by atoms with van der Waals surface area (Å²) in [4.78, 5) is 23.3. The van der Waals surface area contributed by atoms with E-state index in [0.717, 1.165) is 12.0 Å². The molecule has 0 spiro atoms. The molecule has 0 heterocycles. The highest BCUT2D eigenvalue weighted by Gasteiger charge is 2.13. The summed E-state index contributed by atoms with van der Waals surface area (Å²) in [5.74, 6) is -1.38. The van der Waals surface area contributed by atoms with E-state index in [1.54, 1.807) is 18.2 Å². The Hall–Kier alpha value is -2.69. The average Bonchev–Trinajstić information content (AvgIpc) is 2.58. The Balaban J connectivity index is 1.78. The Bertz CT molecular complexity index is 680. The Morgan fingerprint density at radius 2 is 1.70 bits per heavy atom. The highest BCUT2D eigenvalue weighted by atomic mass is 19.1. The number of carbonyl (C=O) groups excluding carboxylic acids is 2. The van der Waals surface area contributed by atoms with Gasteiger partial charge < -0.3 is 9.47 Å². The number of aryl methyl sites for hydroxylation is 1. The van der Waals surface area contributed by atoms with E-state index in [2.05, 4.69) is 0 Å². The summed E-state index contributed by atoms with van der Waals surface area (Å²) < 4.78 is 23.5. The Kier molecular flexibility index (Phi) is 5.86. The molecular formula is C18H17FO4. The first-order valence-corrected chi connectivity index (χ1v) is 7.25. The summed E-state index contributed by atoms with van der Waals surface area (Å²) in [6.07, 6.45) is 0.917. The minimum atomic E-state index is -0.686. The van der Waals surface area contributed by atoms with E-state index in [0.29, 0.717) is 5.75 Å². The van der Waals surface area contributed by atoms with E-state index in [4.69, 9.17) is 9.47 Å². The number of hydrogen-bond acceptors (Lipinski definition) is 4. The summed E-state index contributed by atoms with van der Waals surface area (Å²) in [6.45, 7) is 1.22. The normalized spacial score (nSPS) is 10.2. The standard InChI is InChI=1S/C18H17FO4/c1-2-13-7-9-14(10-8-13)22-12-18(21)23-11-17(20)15-5-3-4-6-16(15)19/h3-10H,2,11-12H2,1H3. The molecule has 0 saturated carbocycles. The van der Waals surface area contributed by atoms with E-state index in [-0.39, 0.29) is 12.2 Å². The highest BCUT2D eigenvalue weighted by Crippen LogP contribution is 2.12. The van der Waals surface area contributed by atoms with Gasteiger partial charge in [0.15, 0.2) is 13.2 Å². The average molecular weight is 316 g/mol. The first-order chi connectivity index (χ1) is 11.1. The fourth-order valence-corrected chi connectivity index (χ4v) is 1.92. The van der Waals surface area contributed by atoms with Crippen LogP contribution < -0.4 is 4.74 Å². The lowest BCUT2D eigenvalue weighted by atomic mass is 10.1. The maximum atomic E-state index is 13.4. The zero-order valence-electron chi connectivity index (χ0n) is 12.8. The first-order valence-electron chi connectivity index (χ1n) is 7.25. The predicted molar refractivity (Wildman–Crippen MR) is 83.0 cm³/mol. The molecule has 0 aliphatic heterocycles. The summed E-state index contributed by atoms with van der Waals surface area (Å²) >= 11 is 0. The van der Waals surface area contributed by atoms with E-state index in [1.165, 1.54) is 18.2 Å². The molecule has 2 aromatic rings. The molecular weight excluding hydrogens is 299 g/mol. The lowest BCUT2D eigenvalue weighted by molar-refractivity contribution is -0.144. The van der Waals surface area contributed by atoms with Gasteiger partial charge in [0.1, 0.15) is 11.6 Å². The van der Waals surface area contributed by atoms with Gasteiger partial charge in [-0.1, -0.05) is 31.2 Å². The number of carbonyl (C=O) groups is 2. The van der Waals surface area contributed by atoms with Gasteiger partial charge in [-0.3, -0.25) is 4.79 Å². The second kappa shape index (κ2) is 8.08. The molecule has 5 heteroatoms. The van der Waals surface area contributed by atoms with Crippen LogP contribution in [0.25, 0.3) is 0 Å². The molecule has 0 unspecified atom stereocenters. The molecule has 0 amide bonds. The van der Waals surface area contributed by atoms with Crippen LogP contribution in [0.5, 0.6) is 5.75 Å². The second-order valence-corrected chi connectivity index (χ2v) is 4.85. The van der Waals surface area contributed by atoms with Crippen LogP contribution in [-0.2, 0) is 16.0 Å². The molecule has 0 fully saturated rings. The van der Waals surface area contributed by atoms with Crippen LogP contribution in [0.3, 0.4) is 0 Å². The summed E-state index contributed by atoms with van der Waals surface area (Å²) in [5.41, 5.74) is 1.06. The number of hydrogen-bond donors (Lipinski definition) is 0. The SMILES string of the molecule is CCc1ccc(OCC(=O)OCC(=O)c2ccccc2F)cc1. The molecule has 2 aromatic carbocycles. The molecule has 0 saturated heterocycles. The number of benzene rings is 2. The van der Waals surface area contributed by atoms with Crippen molar-refractivity contribution < 1.29 is 23.5 Å². The molecule has 0 radical (unpaired) electrons. The zero-order chi connectivity index (χ0) is 16.7. The van der Waals surface area contributed by atoms with Gasteiger partial charge in [-0.15, -0.1) is 0 Å². The van der Waals surface area contributed by atoms with Crippen LogP contribution >= 0.6 is 0 Å². The van der Waals surface area contributed by atoms with Gasteiger partial charge in [0.2, 0.25) is 5.78 Å². The molecule has 0 bridgehead atoms. The van der Waals surface area contributed by atoms with Crippen molar-refractivity contribution in [1.29, 1.82) is 0 Å². The molecule has 0 aliphatic rings. The third-order valence-electron chi connectivity index (χ3n) is 3.23. The summed E-state index contributed by atoms with van der Waals surface area (Å²) in [5, 5.41) is 0. The van der Waals surface area contributed by atoms with Gasteiger partial charge in [0.25, 0.3) is 0 Å². The second-order valence-electron chi connectivity index (χ2n) is 4.85. The number of ether oxygens (including phenoxy) is 2. The minimum absolute atomic E-state index is 0.101. The molecule has 120 valence electrons. The lowest BCUT2D eigenvalue weighted by Gasteiger charge is -2.07. The highest BCUT2D eigenvalue weighted by molar-refractivity contribution is 5.98. The van der Waals surface area contributed by atoms with Crippen molar-refractivity contribution in [3.05, 3.63) is 65.5 Å². The maximum absolute atomic E-state index is 13.4. The van der Waals surface area contributed by atoms with E-state index in [9.17, 15) is 14.0 Å². The third-order valence-corrected chi connectivity index (χ3v) is 3.23. The Morgan fingerprint density at radius 3 is 2.35 bits per heavy atom. The van der Waals surface area contributed by atoms with Gasteiger partial charge >= 0.3 is 5.97 Å². The first kappa shape index (κ1) is 16.7. The van der Waals surface area contributed by atoms with Crippen molar-refractivity contribution in [2.24, 2.45) is 0 Å². The quantitative estimate of drug-likeness (QED) is 0.581. The molecule has 23 heavy (non-hydrogen) atoms. The summed E-state index contributed by atoms with van der Waals surface area (Å²) in [6, 6.07) is 12.9. The van der Waals surface area contributed by atoms with Crippen LogP contribution in [0.15, 0.2) is 48.5 Å². The Morgan fingerprint density at radius 1 is 1.00 bits per heavy atom. The monoisotopic (exact) mass is 316 g/mol. The topological polar surface area (TPSA) is 52.6 Å². The third kappa shape index (κ3) is 4.92. The predicted octanol–water partition coefficient (Wildman–Crippen LogP) is 3.19. The number of ketones is 1. The van der Waals surface area contributed by atoms with Crippen molar-refractivity contribution >= 4 is 11.8 Å². The van der Waals surface area contributed by atoms with Crippen molar-refractivity contribution in [2.45, 2.75) is 13.3 Å². The van der Waals surface area contributed by atoms with Gasteiger partial charge in [-0.05, 0) is 36.2 Å². The van der Waals surface area contributed by atoms with E-state index >= 15 is 0 Å². The molecule has 0 N–H and O–H groups in total. The van der Waals surface area contributed by atoms with Crippen LogP contribution in [0.2, 0.25) is 0 Å². The minimum Gasteiger partial charge on any atom is -0.482 e. The van der Waals surface area contributed by atoms with Crippen LogP contribution in [0.1, 0.15) is 22.8 Å². The smallest absolute Gasteiger partial charge is 0.344 e. The molecule has 2 rings (SSSR count). The van der Waals surface area contributed by atoms with Crippen molar-refractivity contribution in [2.75, 3.05) is 13.2 Å². The van der Waals surface area contributed by atoms with Crippen LogP contribution in [-0.4, -0.2) is 25.0 Å². The van der Waals surface area contributed by atoms with Gasteiger partial charge in [-0.25, -0.2) is 9.18 Å². The fraction of sp³-hybridized carbons (Fsp3) is 0.222. The lowest BCUT2D eigenvalue weighted by Crippen LogP contribution is -2.20. The Labute approximate surface area is 133 Å². The fourth-order valence-electron chi connectivity index (χ4n) is 1.92. The van der Waals surface area contributed by atoms with Gasteiger partial charge in [0.05, 0.1) is 5.56 Å². The summed E-state index contributed by atoms with van der Waals surface area (Å²) in [7, 11) is 0. The molecule has 4 nitrogen and oxygen atoms in total. The number of Topliss-reactive ketones (excluding diaryl/α,β-unsaturated/α-hetero) is 1. The molecule has 0 aromatic heterocycles. The van der Waals surface area contributed by atoms with Crippen molar-refractivity contribution in [1.82, 2.24) is 0 Å². The largest absolute Gasteiger partial charge is 0.482 e. The van der Waals surface area contributed by atoms with Gasteiger partial charge in [-0.2, -0.15) is 0 Å². The van der Waals surface area contributed by atoms with Crippen LogP contribution in [0, 0.1) is 5.82 Å². The molecule has 0 aliphatic carbocycles. The van der Waals surface area contributed by atoms with E-state index < -0.39 is 24.2 Å². The number of rotatable bonds is 7. The number of halogens is 1. The van der Waals surface area contributed by atoms with E-state index in [1.807, 2.05) is 19.1 Å². The zero-order valence-corrected chi connectivity index (χ0v) is 12.8.